The summed E-state index contributed by atoms with van der Waals surface area (Å²) in [5, 5.41) is 16.6. The van der Waals surface area contributed by atoms with Gasteiger partial charge in [0, 0.05) is 4.43 Å². The third kappa shape index (κ3) is 2.48. The molecule has 0 fully saturated rings. The van der Waals surface area contributed by atoms with Crippen molar-refractivity contribution in [2.24, 2.45) is 0 Å². The predicted octanol–water partition coefficient (Wildman–Crippen LogP) is 1.79. The van der Waals surface area contributed by atoms with Gasteiger partial charge in [0.15, 0.2) is 0 Å². The van der Waals surface area contributed by atoms with Crippen LogP contribution in [0, 0.1) is 22.7 Å². The molecule has 0 radical (unpaired) electrons. The van der Waals surface area contributed by atoms with Crippen LogP contribution in [0.5, 0.6) is 0 Å². The lowest BCUT2D eigenvalue weighted by atomic mass is 10.2. The zero-order valence-corrected chi connectivity index (χ0v) is 7.14. The second kappa shape index (κ2) is 4.34. The van der Waals surface area contributed by atoms with E-state index in [1.54, 1.807) is 6.92 Å². The first kappa shape index (κ1) is 8.45. The number of nitrogens with zero attached hydrogens (tertiary/aromatic N) is 2. The van der Waals surface area contributed by atoms with Crippen LogP contribution in [0.2, 0.25) is 0 Å². The van der Waals surface area contributed by atoms with Gasteiger partial charge < -0.3 is 0 Å². The van der Waals surface area contributed by atoms with E-state index in [0.717, 1.165) is 10.0 Å². The zero-order chi connectivity index (χ0) is 7.28. The van der Waals surface area contributed by atoms with E-state index in [-0.39, 0.29) is 5.57 Å². The van der Waals surface area contributed by atoms with Crippen molar-refractivity contribution in [3.8, 4) is 12.1 Å². The summed E-state index contributed by atoms with van der Waals surface area (Å²) in [7, 11) is 0. The van der Waals surface area contributed by atoms with E-state index in [1.807, 2.05) is 12.1 Å². The monoisotopic (exact) mass is 232 g/mol. The number of halogens is 1. The van der Waals surface area contributed by atoms with Gasteiger partial charge >= 0.3 is 0 Å². The van der Waals surface area contributed by atoms with Crippen molar-refractivity contribution in [3.63, 3.8) is 0 Å². The highest BCUT2D eigenvalue weighted by atomic mass is 127. The maximum absolute atomic E-state index is 8.29. The molecular formula is C6H5IN2. The van der Waals surface area contributed by atoms with Gasteiger partial charge in [-0.25, -0.2) is 0 Å². The Bertz CT molecular complexity index is 188. The summed E-state index contributed by atoms with van der Waals surface area (Å²) in [6.07, 6.45) is 0. The van der Waals surface area contributed by atoms with E-state index in [9.17, 15) is 0 Å². The highest BCUT2D eigenvalue weighted by molar-refractivity contribution is 14.1. The van der Waals surface area contributed by atoms with Gasteiger partial charge in [-0.1, -0.05) is 22.6 Å². The van der Waals surface area contributed by atoms with Crippen LogP contribution in [0.3, 0.4) is 0 Å². The van der Waals surface area contributed by atoms with Crippen LogP contribution in [0.1, 0.15) is 6.92 Å². The highest BCUT2D eigenvalue weighted by Crippen LogP contribution is 2.04. The normalized spacial score (nSPS) is 7.11. The Morgan fingerprint density at radius 3 is 2.00 bits per heavy atom. The first-order valence-corrected chi connectivity index (χ1v) is 3.84. The largest absolute Gasteiger partial charge is 0.192 e. The number of rotatable bonds is 1. The Hall–Kier alpha value is -0.550. The van der Waals surface area contributed by atoms with Crippen LogP contribution in [-0.4, -0.2) is 4.43 Å². The maximum Gasteiger partial charge on any atom is 0.129 e. The summed E-state index contributed by atoms with van der Waals surface area (Å²) in [5.41, 5.74) is 1.09. The molecule has 0 aliphatic carbocycles. The Labute approximate surface area is 67.9 Å². The van der Waals surface area contributed by atoms with Crippen LogP contribution in [0.25, 0.3) is 0 Å². The van der Waals surface area contributed by atoms with Crippen LogP contribution < -0.4 is 0 Å². The van der Waals surface area contributed by atoms with Crippen molar-refractivity contribution in [1.29, 1.82) is 10.5 Å². The third-order valence-electron chi connectivity index (χ3n) is 0.851. The number of hydrogen-bond donors (Lipinski definition) is 0. The first-order valence-electron chi connectivity index (χ1n) is 2.32. The van der Waals surface area contributed by atoms with Crippen molar-refractivity contribution in [3.05, 3.63) is 11.1 Å². The second-order valence-electron chi connectivity index (χ2n) is 1.51. The Morgan fingerprint density at radius 1 is 1.44 bits per heavy atom. The molecule has 46 valence electrons. The number of nitriles is 2. The molecular weight excluding hydrogens is 227 g/mol. The minimum absolute atomic E-state index is 0.240. The van der Waals surface area contributed by atoms with E-state index in [2.05, 4.69) is 22.6 Å². The van der Waals surface area contributed by atoms with Gasteiger partial charge in [0.05, 0.1) is 0 Å². The van der Waals surface area contributed by atoms with E-state index >= 15 is 0 Å². The molecule has 0 atom stereocenters. The van der Waals surface area contributed by atoms with Gasteiger partial charge in [0.2, 0.25) is 0 Å². The topological polar surface area (TPSA) is 47.6 Å². The van der Waals surface area contributed by atoms with Crippen LogP contribution in [-0.2, 0) is 0 Å². The third-order valence-corrected chi connectivity index (χ3v) is 2.00. The minimum Gasteiger partial charge on any atom is -0.192 e. The van der Waals surface area contributed by atoms with Crippen LogP contribution in [0.4, 0.5) is 0 Å². The highest BCUT2D eigenvalue weighted by Gasteiger charge is 1.95. The van der Waals surface area contributed by atoms with Crippen molar-refractivity contribution >= 4 is 22.6 Å². The second-order valence-corrected chi connectivity index (χ2v) is 2.28. The summed E-state index contributed by atoms with van der Waals surface area (Å²) >= 11 is 2.12. The summed E-state index contributed by atoms with van der Waals surface area (Å²) < 4.78 is 0.744. The molecule has 0 rings (SSSR count). The first-order chi connectivity index (χ1) is 4.26. The van der Waals surface area contributed by atoms with Crippen molar-refractivity contribution in [2.75, 3.05) is 4.43 Å². The van der Waals surface area contributed by atoms with Gasteiger partial charge in [-0.2, -0.15) is 10.5 Å². The van der Waals surface area contributed by atoms with E-state index in [0.29, 0.717) is 0 Å². The van der Waals surface area contributed by atoms with Crippen LogP contribution in [0.15, 0.2) is 11.1 Å². The summed E-state index contributed by atoms with van der Waals surface area (Å²) in [6, 6.07) is 3.63. The maximum atomic E-state index is 8.29. The molecule has 0 aromatic carbocycles. The molecule has 2 nitrogen and oxygen atoms in total. The summed E-state index contributed by atoms with van der Waals surface area (Å²) in [4.78, 5) is 0. The fourth-order valence-electron chi connectivity index (χ4n) is 0.283. The molecule has 0 aromatic heterocycles. The Balaban J connectivity index is 4.49. The quantitative estimate of drug-likeness (QED) is 0.393. The smallest absolute Gasteiger partial charge is 0.129 e. The molecule has 0 aromatic rings. The Morgan fingerprint density at radius 2 is 1.89 bits per heavy atom. The number of alkyl halides is 1. The number of hydrogen-bond acceptors (Lipinski definition) is 2. The van der Waals surface area contributed by atoms with E-state index < -0.39 is 0 Å². The Kier molecular flexibility index (Phi) is 4.08. The lowest BCUT2D eigenvalue weighted by Crippen LogP contribution is -1.82. The average Bonchev–Trinajstić information content (AvgIpc) is 1.90. The van der Waals surface area contributed by atoms with Crippen molar-refractivity contribution in [2.45, 2.75) is 6.92 Å². The number of allylic oxidation sites excluding steroid dienone is 2. The molecule has 0 saturated heterocycles. The zero-order valence-electron chi connectivity index (χ0n) is 4.98. The fraction of sp³-hybridized carbons (Fsp3) is 0.333. The van der Waals surface area contributed by atoms with Gasteiger partial charge in [-0.05, 0) is 12.5 Å². The van der Waals surface area contributed by atoms with E-state index in [4.69, 9.17) is 10.5 Å². The summed E-state index contributed by atoms with van der Waals surface area (Å²) in [6.45, 7) is 1.79. The van der Waals surface area contributed by atoms with Gasteiger partial charge in [0.1, 0.15) is 17.7 Å². The lowest BCUT2D eigenvalue weighted by Gasteiger charge is -1.88. The molecule has 0 aliphatic rings. The van der Waals surface area contributed by atoms with Crippen molar-refractivity contribution in [1.82, 2.24) is 0 Å². The molecule has 3 heteroatoms. The van der Waals surface area contributed by atoms with E-state index in [1.165, 1.54) is 0 Å². The lowest BCUT2D eigenvalue weighted by molar-refractivity contribution is 1.35. The molecule has 0 saturated carbocycles. The fourth-order valence-corrected chi connectivity index (χ4v) is 0.664. The molecule has 0 aliphatic heterocycles. The molecule has 0 bridgehead atoms. The predicted molar refractivity (Wildman–Crippen MR) is 42.8 cm³/mol. The molecule has 0 heterocycles. The van der Waals surface area contributed by atoms with Gasteiger partial charge in [-0.3, -0.25) is 0 Å². The average molecular weight is 232 g/mol. The standard InChI is InChI=1S/C6H5IN2/c1-5(2-7)6(3-8)4-9/h2H2,1H3. The van der Waals surface area contributed by atoms with Crippen molar-refractivity contribution < 1.29 is 0 Å². The molecule has 0 spiro atoms. The van der Waals surface area contributed by atoms with Crippen LogP contribution >= 0.6 is 22.6 Å². The van der Waals surface area contributed by atoms with Gasteiger partial charge in [-0.15, -0.1) is 0 Å². The molecule has 0 amide bonds. The molecule has 0 N–H and O–H groups in total. The minimum atomic E-state index is 0.240. The SMILES string of the molecule is CC(CI)=C(C#N)C#N. The summed E-state index contributed by atoms with van der Waals surface area (Å²) in [5.74, 6) is 0. The molecule has 9 heavy (non-hydrogen) atoms. The van der Waals surface area contributed by atoms with Gasteiger partial charge in [0.25, 0.3) is 0 Å². The molecule has 0 unspecified atom stereocenters.